The molecule has 1 saturated heterocycles. The summed E-state index contributed by atoms with van der Waals surface area (Å²) in [6.45, 7) is 7.86. The Balaban J connectivity index is 1.60. The van der Waals surface area contributed by atoms with Crippen molar-refractivity contribution in [2.75, 3.05) is 26.2 Å². The number of unbranched alkanes of at least 4 members (excludes halogenated alkanes) is 10. The van der Waals surface area contributed by atoms with Crippen LogP contribution >= 0.6 is 0 Å². The summed E-state index contributed by atoms with van der Waals surface area (Å²) < 4.78 is 0. The van der Waals surface area contributed by atoms with Crippen molar-refractivity contribution in [1.82, 2.24) is 4.90 Å². The Morgan fingerprint density at radius 1 is 1.06 bits per heavy atom. The Morgan fingerprint density at radius 2 is 1.74 bits per heavy atom. The lowest BCUT2D eigenvalue weighted by Gasteiger charge is -2.43. The number of nitrogens with two attached hydrogens (primary N) is 2. The predicted octanol–water partition coefficient (Wildman–Crippen LogP) is 2.69. The van der Waals surface area contributed by atoms with E-state index >= 15 is 0 Å². The molecular formula is C25H48N5O+. The number of guanidine groups is 1. The van der Waals surface area contributed by atoms with E-state index in [1.165, 1.54) is 57.9 Å². The van der Waals surface area contributed by atoms with Crippen LogP contribution in [-0.4, -0.2) is 54.0 Å². The van der Waals surface area contributed by atoms with Crippen molar-refractivity contribution in [3.63, 3.8) is 0 Å². The molecule has 1 fully saturated rings. The van der Waals surface area contributed by atoms with Crippen LogP contribution in [0.15, 0.2) is 29.8 Å². The standard InChI is InChI=1S/C25H47N5O/c1-2-3-4-5-6-7-8-9-10-12-17-25(31)18-16-23-29(21-15-22-30(23)25)20-14-11-13-19-28-24(26)27/h2,16,18,23,31H,1,3-15,17,19-22H2,(H4,26,27,28)/p+1. The van der Waals surface area contributed by atoms with E-state index in [1.807, 2.05) is 6.08 Å². The molecule has 178 valence electrons. The van der Waals surface area contributed by atoms with E-state index in [0.29, 0.717) is 6.17 Å². The van der Waals surface area contributed by atoms with Gasteiger partial charge in [-0.15, -0.1) is 6.58 Å². The molecule has 6 heteroatoms. The van der Waals surface area contributed by atoms with Crippen LogP contribution in [0.3, 0.4) is 0 Å². The molecule has 2 aliphatic heterocycles. The second-order valence-corrected chi connectivity index (χ2v) is 9.41. The van der Waals surface area contributed by atoms with Gasteiger partial charge in [-0.2, -0.15) is 0 Å². The van der Waals surface area contributed by atoms with Crippen LogP contribution in [0.5, 0.6) is 0 Å². The van der Waals surface area contributed by atoms with Gasteiger partial charge in [-0.3, -0.25) is 4.99 Å². The van der Waals surface area contributed by atoms with Gasteiger partial charge in [-0.1, -0.05) is 44.6 Å². The Bertz CT molecular complexity index is 560. The van der Waals surface area contributed by atoms with Crippen molar-refractivity contribution in [2.45, 2.75) is 102 Å². The van der Waals surface area contributed by atoms with Gasteiger partial charge in [0.25, 0.3) is 0 Å². The fraction of sp³-hybridized carbons (Fsp3) is 0.800. The minimum Gasteiger partial charge on any atom is -0.372 e. The third-order valence-electron chi connectivity index (χ3n) is 6.85. The maximum absolute atomic E-state index is 11.3. The van der Waals surface area contributed by atoms with Crippen LogP contribution in [0.4, 0.5) is 0 Å². The van der Waals surface area contributed by atoms with E-state index in [0.717, 1.165) is 58.2 Å². The second kappa shape index (κ2) is 14.6. The van der Waals surface area contributed by atoms with E-state index in [9.17, 15) is 5.11 Å². The van der Waals surface area contributed by atoms with Crippen LogP contribution in [0.2, 0.25) is 0 Å². The van der Waals surface area contributed by atoms with Gasteiger partial charge in [-0.05, 0) is 57.1 Å². The number of allylic oxidation sites excluding steroid dienone is 1. The summed E-state index contributed by atoms with van der Waals surface area (Å²) in [5, 5.41) is 11.3. The minimum absolute atomic E-state index is 0.187. The number of quaternary nitrogens is 1. The number of aliphatic hydroxyl groups is 1. The highest BCUT2D eigenvalue weighted by atomic mass is 16.3. The Kier molecular flexibility index (Phi) is 12.2. The molecule has 6 N–H and O–H groups in total. The van der Waals surface area contributed by atoms with Gasteiger partial charge >= 0.3 is 0 Å². The molecule has 0 aromatic heterocycles. The molecule has 0 amide bonds. The lowest BCUT2D eigenvalue weighted by molar-refractivity contribution is -0.937. The van der Waals surface area contributed by atoms with Gasteiger partial charge in [0.15, 0.2) is 12.1 Å². The quantitative estimate of drug-likeness (QED) is 0.123. The summed E-state index contributed by atoms with van der Waals surface area (Å²) >= 11 is 0. The number of rotatable bonds is 17. The van der Waals surface area contributed by atoms with Crippen LogP contribution in [-0.2, 0) is 0 Å². The van der Waals surface area contributed by atoms with Crippen molar-refractivity contribution in [3.8, 4) is 0 Å². The third kappa shape index (κ3) is 9.34. The van der Waals surface area contributed by atoms with E-state index in [1.54, 1.807) is 4.90 Å². The fourth-order valence-corrected chi connectivity index (χ4v) is 5.08. The number of aliphatic imine (C=N–C) groups is 1. The van der Waals surface area contributed by atoms with Gasteiger partial charge in [0, 0.05) is 19.5 Å². The topological polar surface area (TPSA) is 92.3 Å². The van der Waals surface area contributed by atoms with Crippen molar-refractivity contribution in [3.05, 3.63) is 24.8 Å². The predicted molar refractivity (Wildman–Crippen MR) is 131 cm³/mol. The van der Waals surface area contributed by atoms with E-state index in [2.05, 4.69) is 28.6 Å². The number of nitrogens with zero attached hydrogens (tertiary/aromatic N) is 2. The zero-order valence-corrected chi connectivity index (χ0v) is 19.7. The van der Waals surface area contributed by atoms with Crippen molar-refractivity contribution < 1.29 is 10.0 Å². The van der Waals surface area contributed by atoms with Crippen LogP contribution < -0.4 is 16.4 Å². The summed E-state index contributed by atoms with van der Waals surface area (Å²) in [5.41, 5.74) is 10.0. The van der Waals surface area contributed by atoms with Gasteiger partial charge < -0.3 is 21.5 Å². The van der Waals surface area contributed by atoms with Crippen molar-refractivity contribution >= 4 is 5.96 Å². The van der Waals surface area contributed by atoms with E-state index < -0.39 is 5.72 Å². The average molecular weight is 435 g/mol. The van der Waals surface area contributed by atoms with E-state index in [-0.39, 0.29) is 5.96 Å². The SMILES string of the molecule is C=CCCCCCCCCCCC1(O)C=CC2N1CCC[NH+]2CCCCCN=C(N)N. The molecule has 0 bridgehead atoms. The summed E-state index contributed by atoms with van der Waals surface area (Å²) in [5.74, 6) is 0.187. The maximum atomic E-state index is 11.3. The Labute approximate surface area is 190 Å². The molecule has 31 heavy (non-hydrogen) atoms. The molecule has 2 heterocycles. The Hall–Kier alpha value is -1.37. The summed E-state index contributed by atoms with van der Waals surface area (Å²) in [4.78, 5) is 8.00. The van der Waals surface area contributed by atoms with Crippen LogP contribution in [0.1, 0.15) is 89.9 Å². The second-order valence-electron chi connectivity index (χ2n) is 9.41. The van der Waals surface area contributed by atoms with Gasteiger partial charge in [0.2, 0.25) is 0 Å². The first-order valence-corrected chi connectivity index (χ1v) is 12.8. The molecule has 3 atom stereocenters. The van der Waals surface area contributed by atoms with Gasteiger partial charge in [0.05, 0.1) is 13.1 Å². The molecule has 0 aromatic carbocycles. The molecule has 2 rings (SSSR count). The zero-order valence-electron chi connectivity index (χ0n) is 19.7. The highest BCUT2D eigenvalue weighted by Crippen LogP contribution is 2.30. The molecule has 3 unspecified atom stereocenters. The molecule has 2 aliphatic rings. The van der Waals surface area contributed by atoms with Crippen LogP contribution in [0.25, 0.3) is 0 Å². The number of hydrogen-bond acceptors (Lipinski definition) is 3. The third-order valence-corrected chi connectivity index (χ3v) is 6.85. The van der Waals surface area contributed by atoms with Gasteiger partial charge in [-0.25, -0.2) is 4.90 Å². The van der Waals surface area contributed by atoms with Crippen LogP contribution in [0, 0.1) is 0 Å². The van der Waals surface area contributed by atoms with E-state index in [4.69, 9.17) is 11.5 Å². The molecule has 0 saturated carbocycles. The normalized spacial score (nSPS) is 25.5. The molecular weight excluding hydrogens is 386 g/mol. The molecule has 0 radical (unpaired) electrons. The highest BCUT2D eigenvalue weighted by molar-refractivity contribution is 5.75. The molecule has 6 nitrogen and oxygen atoms in total. The molecule has 0 spiro atoms. The summed E-state index contributed by atoms with van der Waals surface area (Å²) in [6, 6.07) is 0. The minimum atomic E-state index is -0.728. The van der Waals surface area contributed by atoms with Crippen molar-refractivity contribution in [2.24, 2.45) is 16.5 Å². The summed E-state index contributed by atoms with van der Waals surface area (Å²) in [6.07, 6.45) is 23.5. The van der Waals surface area contributed by atoms with Crippen molar-refractivity contribution in [1.29, 1.82) is 0 Å². The zero-order chi connectivity index (χ0) is 22.4. The first kappa shape index (κ1) is 25.9. The largest absolute Gasteiger partial charge is 0.372 e. The lowest BCUT2D eigenvalue weighted by Crippen LogP contribution is -3.18. The Morgan fingerprint density at radius 3 is 2.45 bits per heavy atom. The molecule has 0 aromatic rings. The highest BCUT2D eigenvalue weighted by Gasteiger charge is 2.46. The number of fused-ring (bicyclic) bond motifs is 1. The van der Waals surface area contributed by atoms with Gasteiger partial charge in [0.1, 0.15) is 5.72 Å². The first-order chi connectivity index (χ1) is 15.1. The maximum Gasteiger partial charge on any atom is 0.185 e. The lowest BCUT2D eigenvalue weighted by atomic mass is 10.0. The monoisotopic (exact) mass is 434 g/mol. The fourth-order valence-electron chi connectivity index (χ4n) is 5.08. The number of hydrogen-bond donors (Lipinski definition) is 4. The smallest absolute Gasteiger partial charge is 0.185 e. The number of nitrogens with one attached hydrogen (secondary N) is 1. The summed E-state index contributed by atoms with van der Waals surface area (Å²) in [7, 11) is 0. The first-order valence-electron chi connectivity index (χ1n) is 12.8. The molecule has 0 aliphatic carbocycles. The average Bonchev–Trinajstić information content (AvgIpc) is 3.09.